The Labute approximate surface area is 133 Å². The summed E-state index contributed by atoms with van der Waals surface area (Å²) in [4.78, 5) is 7.34. The number of hydrogen-bond acceptors (Lipinski definition) is 3. The molecule has 112 valence electrons. The van der Waals surface area contributed by atoms with Crippen molar-refractivity contribution in [1.82, 2.24) is 14.6 Å². The monoisotopic (exact) mass is 348 g/mol. The first-order valence-corrected chi connectivity index (χ1v) is 8.84. The van der Waals surface area contributed by atoms with Crippen molar-refractivity contribution in [1.29, 1.82) is 0 Å². The number of rotatable bonds is 1. The van der Waals surface area contributed by atoms with E-state index in [1.807, 2.05) is 10.7 Å². The van der Waals surface area contributed by atoms with Gasteiger partial charge in [0.25, 0.3) is 0 Å². The lowest BCUT2D eigenvalue weighted by atomic mass is 10.1. The van der Waals surface area contributed by atoms with Crippen molar-refractivity contribution in [2.45, 2.75) is 57.9 Å². The highest BCUT2D eigenvalue weighted by atomic mass is 79.9. The van der Waals surface area contributed by atoms with Crippen LogP contribution in [0.15, 0.2) is 10.7 Å². The van der Waals surface area contributed by atoms with Crippen LogP contribution in [-0.4, -0.2) is 27.2 Å². The summed E-state index contributed by atoms with van der Waals surface area (Å²) in [5.74, 6) is 1.30. The first-order chi connectivity index (χ1) is 10.3. The average molecular weight is 349 g/mol. The lowest BCUT2D eigenvalue weighted by Crippen LogP contribution is -2.34. The Balaban J connectivity index is 1.82. The van der Waals surface area contributed by atoms with Crippen molar-refractivity contribution in [3.63, 3.8) is 0 Å². The number of hydrogen-bond donors (Lipinski definition) is 0. The lowest BCUT2D eigenvalue weighted by molar-refractivity contribution is 0.530. The second-order valence-corrected chi connectivity index (χ2v) is 7.17. The molecule has 21 heavy (non-hydrogen) atoms. The van der Waals surface area contributed by atoms with Crippen LogP contribution in [0.3, 0.4) is 0 Å². The van der Waals surface area contributed by atoms with Crippen LogP contribution in [0.5, 0.6) is 0 Å². The van der Waals surface area contributed by atoms with Crippen molar-refractivity contribution in [3.8, 4) is 0 Å². The molecule has 0 unspecified atom stereocenters. The highest BCUT2D eigenvalue weighted by Crippen LogP contribution is 2.36. The van der Waals surface area contributed by atoms with E-state index in [0.29, 0.717) is 6.04 Å². The van der Waals surface area contributed by atoms with Gasteiger partial charge in [0.2, 0.25) is 0 Å². The number of nitrogens with zero attached hydrogens (tertiary/aromatic N) is 4. The quantitative estimate of drug-likeness (QED) is 0.733. The zero-order valence-electron chi connectivity index (χ0n) is 12.5. The molecule has 2 aliphatic rings. The normalized spacial score (nSPS) is 20.0. The third kappa shape index (κ3) is 2.17. The molecule has 1 aliphatic heterocycles. The van der Waals surface area contributed by atoms with Gasteiger partial charge in [0.05, 0.1) is 10.7 Å². The molecule has 3 heterocycles. The van der Waals surface area contributed by atoms with Crippen molar-refractivity contribution < 1.29 is 0 Å². The predicted octanol–water partition coefficient (Wildman–Crippen LogP) is 3.89. The van der Waals surface area contributed by atoms with Gasteiger partial charge in [-0.15, -0.1) is 0 Å². The molecule has 1 aliphatic carbocycles. The summed E-state index contributed by atoms with van der Waals surface area (Å²) < 4.78 is 3.03. The minimum absolute atomic E-state index is 0.682. The summed E-state index contributed by atoms with van der Waals surface area (Å²) in [7, 11) is 0. The van der Waals surface area contributed by atoms with Crippen molar-refractivity contribution in [3.05, 3.63) is 21.9 Å². The topological polar surface area (TPSA) is 33.4 Å². The number of fused-ring (bicyclic) bond motifs is 3. The Hall–Kier alpha value is -1.10. The molecule has 2 aromatic heterocycles. The van der Waals surface area contributed by atoms with E-state index in [9.17, 15) is 0 Å². The summed E-state index contributed by atoms with van der Waals surface area (Å²) in [6.07, 6.45) is 11.2. The van der Waals surface area contributed by atoms with Gasteiger partial charge in [-0.3, -0.25) is 0 Å². The van der Waals surface area contributed by atoms with Gasteiger partial charge in [0.1, 0.15) is 5.82 Å². The largest absolute Gasteiger partial charge is 0.353 e. The molecule has 0 radical (unpaired) electrons. The van der Waals surface area contributed by atoms with E-state index in [2.05, 4.69) is 32.9 Å². The first kappa shape index (κ1) is 13.6. The maximum Gasteiger partial charge on any atom is 0.171 e. The van der Waals surface area contributed by atoms with E-state index in [0.717, 1.165) is 28.8 Å². The van der Waals surface area contributed by atoms with Crippen LogP contribution in [0.1, 0.15) is 49.8 Å². The Morgan fingerprint density at radius 2 is 1.95 bits per heavy atom. The van der Waals surface area contributed by atoms with Crippen molar-refractivity contribution >= 4 is 27.4 Å². The Morgan fingerprint density at radius 3 is 2.71 bits per heavy atom. The van der Waals surface area contributed by atoms with E-state index < -0.39 is 0 Å². The van der Waals surface area contributed by atoms with Gasteiger partial charge >= 0.3 is 0 Å². The van der Waals surface area contributed by atoms with Gasteiger partial charge in [0.15, 0.2) is 5.65 Å². The first-order valence-electron chi connectivity index (χ1n) is 8.05. The molecule has 1 fully saturated rings. The van der Waals surface area contributed by atoms with Gasteiger partial charge in [-0.2, -0.15) is 9.61 Å². The molecular formula is C16H21BrN4. The summed E-state index contributed by atoms with van der Waals surface area (Å²) >= 11 is 3.57. The highest BCUT2D eigenvalue weighted by Gasteiger charge is 2.31. The Morgan fingerprint density at radius 1 is 1.19 bits per heavy atom. The summed E-state index contributed by atoms with van der Waals surface area (Å²) in [5, 5.41) is 4.57. The van der Waals surface area contributed by atoms with Gasteiger partial charge in [-0.05, 0) is 42.1 Å². The summed E-state index contributed by atoms with van der Waals surface area (Å²) in [5.41, 5.74) is 3.50. The molecule has 0 aromatic carbocycles. The maximum atomic E-state index is 4.73. The van der Waals surface area contributed by atoms with E-state index in [1.165, 1.54) is 49.9 Å². The molecule has 0 amide bonds. The fourth-order valence-electron chi connectivity index (χ4n) is 3.94. The smallest absolute Gasteiger partial charge is 0.171 e. The maximum absolute atomic E-state index is 4.73. The van der Waals surface area contributed by atoms with Crippen molar-refractivity contribution in [2.75, 3.05) is 11.4 Å². The van der Waals surface area contributed by atoms with E-state index >= 15 is 0 Å². The van der Waals surface area contributed by atoms with Gasteiger partial charge in [-0.25, -0.2) is 4.98 Å². The number of aromatic nitrogens is 3. The van der Waals surface area contributed by atoms with E-state index in [-0.39, 0.29) is 0 Å². The molecule has 0 atom stereocenters. The fraction of sp³-hybridized carbons (Fsp3) is 0.625. The number of aryl methyl sites for hydroxylation is 1. The molecule has 0 saturated heterocycles. The molecule has 0 N–H and O–H groups in total. The molecule has 1 saturated carbocycles. The van der Waals surface area contributed by atoms with Crippen molar-refractivity contribution in [2.24, 2.45) is 0 Å². The molecule has 4 rings (SSSR count). The predicted molar refractivity (Wildman–Crippen MR) is 88.0 cm³/mol. The van der Waals surface area contributed by atoms with Crippen LogP contribution < -0.4 is 4.90 Å². The van der Waals surface area contributed by atoms with E-state index in [4.69, 9.17) is 4.98 Å². The molecule has 2 aromatic rings. The fourth-order valence-corrected chi connectivity index (χ4v) is 4.29. The van der Waals surface area contributed by atoms with Gasteiger partial charge in [0, 0.05) is 23.8 Å². The third-order valence-electron chi connectivity index (χ3n) is 5.02. The van der Waals surface area contributed by atoms with Crippen LogP contribution >= 0.6 is 15.9 Å². The van der Waals surface area contributed by atoms with E-state index in [1.54, 1.807) is 0 Å². The standard InChI is InChI=1S/C16H21BrN4/c1-11-13-8-9-20(12-6-4-2-3-5-7-12)16(13)21-15(19-11)14(17)10-18-21/h10,12H,2-9H2,1H3. The van der Waals surface area contributed by atoms with Crippen LogP contribution in [0.4, 0.5) is 5.82 Å². The molecule has 5 heteroatoms. The minimum Gasteiger partial charge on any atom is -0.353 e. The van der Waals surface area contributed by atoms with Crippen LogP contribution in [0.2, 0.25) is 0 Å². The lowest BCUT2D eigenvalue weighted by Gasteiger charge is -2.29. The Bertz CT molecular complexity index is 670. The SMILES string of the molecule is Cc1nc2c(Br)cnn2c2c1CCN2C1CCCCCC1. The van der Waals surface area contributed by atoms with Crippen LogP contribution in [-0.2, 0) is 6.42 Å². The van der Waals surface area contributed by atoms with Gasteiger partial charge in [-0.1, -0.05) is 25.7 Å². The summed E-state index contributed by atoms with van der Waals surface area (Å²) in [6, 6.07) is 0.682. The molecule has 0 bridgehead atoms. The third-order valence-corrected chi connectivity index (χ3v) is 5.58. The molecular weight excluding hydrogens is 328 g/mol. The highest BCUT2D eigenvalue weighted by molar-refractivity contribution is 9.10. The molecule has 4 nitrogen and oxygen atoms in total. The van der Waals surface area contributed by atoms with Crippen LogP contribution in [0, 0.1) is 6.92 Å². The average Bonchev–Trinajstić information content (AvgIpc) is 2.95. The number of anilines is 1. The van der Waals surface area contributed by atoms with Crippen LogP contribution in [0.25, 0.3) is 5.65 Å². The second-order valence-electron chi connectivity index (χ2n) is 6.32. The zero-order valence-corrected chi connectivity index (χ0v) is 14.1. The zero-order chi connectivity index (χ0) is 14.4. The minimum atomic E-state index is 0.682. The number of halogens is 1. The van der Waals surface area contributed by atoms with Gasteiger partial charge < -0.3 is 4.90 Å². The second kappa shape index (κ2) is 5.27. The Kier molecular flexibility index (Phi) is 3.40. The molecule has 0 spiro atoms. The summed E-state index contributed by atoms with van der Waals surface area (Å²) in [6.45, 7) is 3.26.